The summed E-state index contributed by atoms with van der Waals surface area (Å²) in [5.74, 6) is 2.51. The molecule has 0 aliphatic carbocycles. The van der Waals surface area contributed by atoms with Gasteiger partial charge in [0.25, 0.3) is 0 Å². The van der Waals surface area contributed by atoms with Crippen LogP contribution in [0.15, 0.2) is 59.0 Å². The number of furan rings is 1. The molecule has 150 valence electrons. The molecule has 29 heavy (non-hydrogen) atoms. The molecule has 0 N–H and O–H groups in total. The van der Waals surface area contributed by atoms with Gasteiger partial charge < -0.3 is 18.6 Å². The maximum Gasteiger partial charge on any atom is 0.189 e. The number of allylic oxidation sites excluding steroid dienone is 1. The van der Waals surface area contributed by atoms with Crippen molar-refractivity contribution in [1.29, 1.82) is 0 Å². The van der Waals surface area contributed by atoms with Gasteiger partial charge in [-0.1, -0.05) is 23.2 Å². The lowest BCUT2D eigenvalue weighted by Gasteiger charge is -2.07. The van der Waals surface area contributed by atoms with Crippen LogP contribution in [0.25, 0.3) is 6.08 Å². The molecule has 0 unspecified atom stereocenters. The third kappa shape index (κ3) is 5.34. The number of rotatable bonds is 8. The summed E-state index contributed by atoms with van der Waals surface area (Å²) in [6.45, 7) is 0.212. The van der Waals surface area contributed by atoms with Crippen LogP contribution in [0.2, 0.25) is 10.0 Å². The van der Waals surface area contributed by atoms with E-state index in [1.807, 2.05) is 0 Å². The quantitative estimate of drug-likeness (QED) is 0.318. The van der Waals surface area contributed by atoms with Crippen LogP contribution in [0.4, 0.5) is 0 Å². The van der Waals surface area contributed by atoms with Gasteiger partial charge in [-0.2, -0.15) is 0 Å². The highest BCUT2D eigenvalue weighted by Gasteiger charge is 2.11. The van der Waals surface area contributed by atoms with Gasteiger partial charge in [0.05, 0.1) is 29.8 Å². The molecule has 0 saturated heterocycles. The van der Waals surface area contributed by atoms with Gasteiger partial charge in [-0.25, -0.2) is 0 Å². The largest absolute Gasteiger partial charge is 0.497 e. The highest BCUT2D eigenvalue weighted by Crippen LogP contribution is 2.27. The number of halogens is 2. The summed E-state index contributed by atoms with van der Waals surface area (Å²) in [5, 5.41) is 0.875. The first kappa shape index (κ1) is 20.8. The number of carbonyl (C=O) groups is 1. The van der Waals surface area contributed by atoms with Crippen LogP contribution in [-0.2, 0) is 6.61 Å². The van der Waals surface area contributed by atoms with Gasteiger partial charge in [-0.3, -0.25) is 4.79 Å². The van der Waals surface area contributed by atoms with Crippen molar-refractivity contribution in [2.45, 2.75) is 6.61 Å². The van der Waals surface area contributed by atoms with E-state index >= 15 is 0 Å². The van der Waals surface area contributed by atoms with Crippen molar-refractivity contribution in [3.05, 3.63) is 81.7 Å². The highest BCUT2D eigenvalue weighted by atomic mass is 35.5. The Bertz CT molecular complexity index is 1040. The van der Waals surface area contributed by atoms with Crippen molar-refractivity contribution in [3.63, 3.8) is 0 Å². The molecule has 0 spiro atoms. The minimum absolute atomic E-state index is 0.212. The number of hydrogen-bond acceptors (Lipinski definition) is 5. The van der Waals surface area contributed by atoms with E-state index in [9.17, 15) is 4.79 Å². The predicted octanol–water partition coefficient (Wildman–Crippen LogP) is 6.08. The van der Waals surface area contributed by atoms with Gasteiger partial charge >= 0.3 is 0 Å². The number of methoxy groups -OCH3 is 2. The summed E-state index contributed by atoms with van der Waals surface area (Å²) in [6.07, 6.45) is 3.00. The minimum Gasteiger partial charge on any atom is -0.497 e. The van der Waals surface area contributed by atoms with Crippen molar-refractivity contribution in [1.82, 2.24) is 0 Å². The SMILES string of the molecule is COc1ccc(OC)c(C(=O)/C=C/c2ccc(COc3ccc(Cl)c(Cl)c3)o2)c1. The average Bonchev–Trinajstić information content (AvgIpc) is 3.20. The molecule has 0 radical (unpaired) electrons. The standard InChI is InChI=1S/C22H18Cl2O5/c1-26-15-7-10-22(27-2)18(11-15)21(25)9-6-14-3-4-17(29-14)13-28-16-5-8-19(23)20(24)12-16/h3-12H,13H2,1-2H3/b9-6+. The monoisotopic (exact) mass is 432 g/mol. The third-order valence-corrected chi connectivity index (χ3v) is 4.76. The van der Waals surface area contributed by atoms with Crippen LogP contribution in [0.5, 0.6) is 17.2 Å². The third-order valence-electron chi connectivity index (χ3n) is 4.03. The van der Waals surface area contributed by atoms with Crippen molar-refractivity contribution in [2.75, 3.05) is 14.2 Å². The average molecular weight is 433 g/mol. The number of benzene rings is 2. The van der Waals surface area contributed by atoms with Gasteiger partial charge in [0.2, 0.25) is 0 Å². The van der Waals surface area contributed by atoms with Crippen molar-refractivity contribution in [3.8, 4) is 17.2 Å². The predicted molar refractivity (Wildman–Crippen MR) is 112 cm³/mol. The molecule has 0 bridgehead atoms. The lowest BCUT2D eigenvalue weighted by atomic mass is 10.1. The first-order chi connectivity index (χ1) is 14.0. The summed E-state index contributed by atoms with van der Waals surface area (Å²) in [6, 6.07) is 13.6. The van der Waals surface area contributed by atoms with Crippen LogP contribution in [0.3, 0.4) is 0 Å². The first-order valence-electron chi connectivity index (χ1n) is 8.61. The Labute approximate surface area is 178 Å². The molecular formula is C22H18Cl2O5. The smallest absolute Gasteiger partial charge is 0.189 e. The Morgan fingerprint density at radius 2 is 1.76 bits per heavy atom. The van der Waals surface area contributed by atoms with E-state index in [0.29, 0.717) is 44.4 Å². The van der Waals surface area contributed by atoms with E-state index in [1.54, 1.807) is 54.6 Å². The van der Waals surface area contributed by atoms with E-state index in [1.165, 1.54) is 20.3 Å². The van der Waals surface area contributed by atoms with Gasteiger partial charge in [-0.15, -0.1) is 0 Å². The summed E-state index contributed by atoms with van der Waals surface area (Å²) in [5.41, 5.74) is 0.401. The van der Waals surface area contributed by atoms with Crippen molar-refractivity contribution < 1.29 is 23.4 Å². The minimum atomic E-state index is -0.231. The zero-order valence-electron chi connectivity index (χ0n) is 15.8. The fourth-order valence-corrected chi connectivity index (χ4v) is 2.83. The van der Waals surface area contributed by atoms with Crippen LogP contribution in [-0.4, -0.2) is 20.0 Å². The second kappa shape index (κ2) is 9.54. The zero-order chi connectivity index (χ0) is 20.8. The van der Waals surface area contributed by atoms with E-state index in [2.05, 4.69) is 0 Å². The Morgan fingerprint density at radius 1 is 0.966 bits per heavy atom. The molecule has 0 atom stereocenters. The zero-order valence-corrected chi connectivity index (χ0v) is 17.3. The molecule has 0 fully saturated rings. The molecule has 0 saturated carbocycles. The summed E-state index contributed by atoms with van der Waals surface area (Å²) in [7, 11) is 3.05. The molecular weight excluding hydrogens is 415 g/mol. The van der Waals surface area contributed by atoms with Crippen LogP contribution >= 0.6 is 23.2 Å². The van der Waals surface area contributed by atoms with E-state index in [-0.39, 0.29) is 12.4 Å². The molecule has 0 aliphatic rings. The Morgan fingerprint density at radius 3 is 2.48 bits per heavy atom. The van der Waals surface area contributed by atoms with E-state index in [4.69, 9.17) is 41.8 Å². The molecule has 3 aromatic rings. The summed E-state index contributed by atoms with van der Waals surface area (Å²) < 4.78 is 21.7. The van der Waals surface area contributed by atoms with Gasteiger partial charge in [0.1, 0.15) is 35.4 Å². The summed E-state index contributed by atoms with van der Waals surface area (Å²) in [4.78, 5) is 12.5. The number of ketones is 1. The summed E-state index contributed by atoms with van der Waals surface area (Å²) >= 11 is 11.9. The topological polar surface area (TPSA) is 57.9 Å². The molecule has 1 aromatic heterocycles. The second-order valence-corrected chi connectivity index (χ2v) is 6.75. The van der Waals surface area contributed by atoms with Gasteiger partial charge in [0.15, 0.2) is 5.78 Å². The molecule has 5 nitrogen and oxygen atoms in total. The van der Waals surface area contributed by atoms with Crippen LogP contribution in [0.1, 0.15) is 21.9 Å². The lowest BCUT2D eigenvalue weighted by Crippen LogP contribution is -1.99. The number of ether oxygens (including phenoxy) is 3. The first-order valence-corrected chi connectivity index (χ1v) is 9.36. The molecule has 0 amide bonds. The van der Waals surface area contributed by atoms with Crippen LogP contribution in [0, 0.1) is 0 Å². The Balaban J connectivity index is 1.65. The number of carbonyl (C=O) groups excluding carboxylic acids is 1. The molecule has 7 heteroatoms. The molecule has 3 rings (SSSR count). The Kier molecular flexibility index (Phi) is 6.86. The second-order valence-electron chi connectivity index (χ2n) is 5.93. The van der Waals surface area contributed by atoms with Crippen molar-refractivity contribution >= 4 is 35.1 Å². The van der Waals surface area contributed by atoms with Gasteiger partial charge in [0, 0.05) is 6.07 Å². The molecule has 1 heterocycles. The highest BCUT2D eigenvalue weighted by molar-refractivity contribution is 6.42. The normalized spacial score (nSPS) is 10.9. The fraction of sp³-hybridized carbons (Fsp3) is 0.136. The van der Waals surface area contributed by atoms with Crippen molar-refractivity contribution in [2.24, 2.45) is 0 Å². The fourth-order valence-electron chi connectivity index (χ4n) is 2.54. The maximum absolute atomic E-state index is 12.5. The van der Waals surface area contributed by atoms with Gasteiger partial charge in [-0.05, 0) is 54.6 Å². The molecule has 0 aliphatic heterocycles. The lowest BCUT2D eigenvalue weighted by molar-refractivity contribution is 0.104. The van der Waals surface area contributed by atoms with E-state index < -0.39 is 0 Å². The maximum atomic E-state index is 12.5. The van der Waals surface area contributed by atoms with Crippen LogP contribution < -0.4 is 14.2 Å². The number of hydrogen-bond donors (Lipinski definition) is 0. The Hall–Kier alpha value is -2.89. The van der Waals surface area contributed by atoms with E-state index in [0.717, 1.165) is 0 Å². The molecule has 2 aromatic carbocycles.